The van der Waals surface area contributed by atoms with Crippen LogP contribution in [-0.4, -0.2) is 44.4 Å². The second-order valence-electron chi connectivity index (χ2n) is 5.56. The van der Waals surface area contributed by atoms with Crippen molar-refractivity contribution in [3.05, 3.63) is 22.7 Å². The number of nitrogens with zero attached hydrogens (tertiary/aromatic N) is 4. The number of tetrazole rings is 1. The third kappa shape index (κ3) is 4.08. The van der Waals surface area contributed by atoms with E-state index in [1.54, 1.807) is 0 Å². The highest BCUT2D eigenvalue weighted by Gasteiger charge is 2.21. The zero-order chi connectivity index (χ0) is 15.3. The Hall–Kier alpha value is -1.80. The highest BCUT2D eigenvalue weighted by molar-refractivity contribution is 7.12. The van der Waals surface area contributed by atoms with Crippen LogP contribution < -0.4 is 5.32 Å². The van der Waals surface area contributed by atoms with Gasteiger partial charge in [-0.1, -0.05) is 13.8 Å². The quantitative estimate of drug-likeness (QED) is 0.803. The van der Waals surface area contributed by atoms with Crippen LogP contribution in [0.25, 0.3) is 5.69 Å². The Morgan fingerprint density at radius 1 is 1.52 bits per heavy atom. The minimum absolute atomic E-state index is 0.0510. The molecule has 2 N–H and O–H groups in total. The number of aromatic nitrogens is 4. The molecule has 0 aliphatic carbocycles. The van der Waals surface area contributed by atoms with Gasteiger partial charge in [0.05, 0.1) is 5.69 Å². The summed E-state index contributed by atoms with van der Waals surface area (Å²) in [5.41, 5.74) is 0.626. The van der Waals surface area contributed by atoms with Crippen molar-refractivity contribution >= 4 is 17.2 Å². The van der Waals surface area contributed by atoms with Gasteiger partial charge in [0.2, 0.25) is 0 Å². The first kappa shape index (κ1) is 15.6. The van der Waals surface area contributed by atoms with Gasteiger partial charge in [-0.25, -0.2) is 0 Å². The lowest BCUT2D eigenvalue weighted by Crippen LogP contribution is -2.34. The van der Waals surface area contributed by atoms with Crippen LogP contribution in [0.15, 0.2) is 17.8 Å². The maximum atomic E-state index is 12.3. The van der Waals surface area contributed by atoms with Gasteiger partial charge in [-0.05, 0) is 40.1 Å². The van der Waals surface area contributed by atoms with Crippen LogP contribution in [0.5, 0.6) is 0 Å². The number of aliphatic hydroxyl groups excluding tert-OH is 1. The van der Waals surface area contributed by atoms with E-state index < -0.39 is 0 Å². The van der Waals surface area contributed by atoms with E-state index in [1.165, 1.54) is 22.3 Å². The lowest BCUT2D eigenvalue weighted by atomic mass is 9.88. The number of nitrogens with one attached hydrogen (secondary N) is 1. The molecule has 8 heteroatoms. The number of rotatable bonds is 7. The van der Waals surface area contributed by atoms with Gasteiger partial charge >= 0.3 is 0 Å². The molecule has 2 aromatic heterocycles. The molecule has 0 saturated carbocycles. The first-order chi connectivity index (χ1) is 10.0. The fraction of sp³-hybridized carbons (Fsp3) is 0.538. The summed E-state index contributed by atoms with van der Waals surface area (Å²) < 4.78 is 1.47. The average Bonchev–Trinajstić information content (AvgIpc) is 3.12. The Kier molecular flexibility index (Phi) is 5.03. The third-order valence-corrected chi connectivity index (χ3v) is 4.09. The van der Waals surface area contributed by atoms with Crippen molar-refractivity contribution in [1.29, 1.82) is 0 Å². The fourth-order valence-electron chi connectivity index (χ4n) is 1.97. The molecular weight excluding hydrogens is 290 g/mol. The molecule has 0 aliphatic rings. The van der Waals surface area contributed by atoms with Crippen LogP contribution >= 0.6 is 11.3 Å². The highest BCUT2D eigenvalue weighted by Crippen LogP contribution is 2.23. The van der Waals surface area contributed by atoms with Crippen LogP contribution in [0.4, 0.5) is 0 Å². The number of thiophene rings is 1. The van der Waals surface area contributed by atoms with Crippen LogP contribution in [0, 0.1) is 5.41 Å². The van der Waals surface area contributed by atoms with Crippen molar-refractivity contribution in [3.63, 3.8) is 0 Å². The molecule has 0 atom stereocenters. The van der Waals surface area contributed by atoms with E-state index in [2.05, 4.69) is 34.7 Å². The SMILES string of the molecule is CC(C)(CCCO)CNC(=O)c1sccc1-n1cnnn1. The number of hydrogen-bond acceptors (Lipinski definition) is 6. The minimum Gasteiger partial charge on any atom is -0.396 e. The molecule has 0 aromatic carbocycles. The number of amides is 1. The summed E-state index contributed by atoms with van der Waals surface area (Å²) in [6.45, 7) is 4.86. The summed E-state index contributed by atoms with van der Waals surface area (Å²) >= 11 is 1.36. The first-order valence-electron chi connectivity index (χ1n) is 6.73. The summed E-state index contributed by atoms with van der Waals surface area (Å²) in [6.07, 6.45) is 3.05. The van der Waals surface area contributed by atoms with Crippen molar-refractivity contribution in [1.82, 2.24) is 25.5 Å². The maximum absolute atomic E-state index is 12.3. The van der Waals surface area contributed by atoms with Gasteiger partial charge in [-0.15, -0.1) is 16.4 Å². The topological polar surface area (TPSA) is 92.9 Å². The van der Waals surface area contributed by atoms with E-state index in [0.29, 0.717) is 17.1 Å². The molecule has 2 aromatic rings. The van der Waals surface area contributed by atoms with E-state index in [0.717, 1.165) is 12.8 Å². The second-order valence-corrected chi connectivity index (χ2v) is 6.48. The fourth-order valence-corrected chi connectivity index (χ4v) is 2.76. The lowest BCUT2D eigenvalue weighted by Gasteiger charge is -2.24. The first-order valence-corrected chi connectivity index (χ1v) is 7.61. The number of aliphatic hydroxyl groups is 1. The molecule has 0 radical (unpaired) electrons. The standard InChI is InChI=1S/C13H19N5O2S/c1-13(2,5-3-6-19)8-14-12(20)11-10(4-7-21-11)18-9-15-16-17-18/h4,7,9,19H,3,5-6,8H2,1-2H3,(H,14,20). The Morgan fingerprint density at radius 3 is 3.00 bits per heavy atom. The minimum atomic E-state index is -0.132. The van der Waals surface area contributed by atoms with Crippen LogP contribution in [0.2, 0.25) is 0 Å². The smallest absolute Gasteiger partial charge is 0.263 e. The van der Waals surface area contributed by atoms with E-state index in [1.807, 2.05) is 11.4 Å². The predicted octanol–water partition coefficient (Wildman–Crippen LogP) is 1.25. The molecule has 0 spiro atoms. The molecule has 0 bridgehead atoms. The third-order valence-electron chi connectivity index (χ3n) is 3.19. The Labute approximate surface area is 127 Å². The van der Waals surface area contributed by atoms with Gasteiger partial charge in [0.1, 0.15) is 11.2 Å². The van der Waals surface area contributed by atoms with Crippen molar-refractivity contribution in [2.45, 2.75) is 26.7 Å². The molecule has 7 nitrogen and oxygen atoms in total. The van der Waals surface area contributed by atoms with Gasteiger partial charge in [0.25, 0.3) is 5.91 Å². The molecule has 0 fully saturated rings. The molecule has 2 heterocycles. The lowest BCUT2D eigenvalue weighted by molar-refractivity contribution is 0.0937. The van der Waals surface area contributed by atoms with Gasteiger partial charge in [0.15, 0.2) is 0 Å². The van der Waals surface area contributed by atoms with Gasteiger partial charge in [0, 0.05) is 13.2 Å². The summed E-state index contributed by atoms with van der Waals surface area (Å²) in [6, 6.07) is 1.81. The summed E-state index contributed by atoms with van der Waals surface area (Å²) in [5.74, 6) is -0.132. The summed E-state index contributed by atoms with van der Waals surface area (Å²) in [7, 11) is 0. The number of hydrogen-bond donors (Lipinski definition) is 2. The normalized spacial score (nSPS) is 11.6. The highest BCUT2D eigenvalue weighted by atomic mass is 32.1. The van der Waals surface area contributed by atoms with Crippen molar-refractivity contribution in [2.75, 3.05) is 13.2 Å². The average molecular weight is 309 g/mol. The number of carbonyl (C=O) groups excluding carboxylic acids is 1. The van der Waals surface area contributed by atoms with E-state index in [-0.39, 0.29) is 17.9 Å². The van der Waals surface area contributed by atoms with Gasteiger partial charge in [-0.2, -0.15) is 4.68 Å². The largest absolute Gasteiger partial charge is 0.396 e. The zero-order valence-electron chi connectivity index (χ0n) is 12.1. The van der Waals surface area contributed by atoms with Crippen molar-refractivity contribution in [3.8, 4) is 5.69 Å². The van der Waals surface area contributed by atoms with E-state index >= 15 is 0 Å². The van der Waals surface area contributed by atoms with Gasteiger partial charge < -0.3 is 10.4 Å². The van der Waals surface area contributed by atoms with E-state index in [9.17, 15) is 4.79 Å². The van der Waals surface area contributed by atoms with Gasteiger partial charge in [-0.3, -0.25) is 4.79 Å². The maximum Gasteiger partial charge on any atom is 0.263 e. The summed E-state index contributed by atoms with van der Waals surface area (Å²) in [4.78, 5) is 12.9. The Balaban J connectivity index is 2.00. The molecule has 0 saturated heterocycles. The predicted molar refractivity (Wildman–Crippen MR) is 79.5 cm³/mol. The van der Waals surface area contributed by atoms with Crippen molar-refractivity contribution < 1.29 is 9.90 Å². The molecular formula is C13H19N5O2S. The molecule has 0 unspecified atom stereocenters. The Bertz CT molecular complexity index is 579. The van der Waals surface area contributed by atoms with Crippen LogP contribution in [0.3, 0.4) is 0 Å². The Morgan fingerprint density at radius 2 is 2.33 bits per heavy atom. The van der Waals surface area contributed by atoms with Crippen LogP contribution in [0.1, 0.15) is 36.4 Å². The molecule has 0 aliphatic heterocycles. The number of carbonyl (C=O) groups is 1. The molecule has 1 amide bonds. The second kappa shape index (κ2) is 6.77. The van der Waals surface area contributed by atoms with Crippen molar-refractivity contribution in [2.24, 2.45) is 5.41 Å². The molecule has 114 valence electrons. The zero-order valence-corrected chi connectivity index (χ0v) is 12.9. The monoisotopic (exact) mass is 309 g/mol. The van der Waals surface area contributed by atoms with E-state index in [4.69, 9.17) is 5.11 Å². The summed E-state index contributed by atoms with van der Waals surface area (Å²) in [5, 5.41) is 24.6. The van der Waals surface area contributed by atoms with Crippen LogP contribution in [-0.2, 0) is 0 Å². The molecule has 21 heavy (non-hydrogen) atoms. The molecule has 2 rings (SSSR count).